The molecule has 1 atom stereocenters. The van der Waals surface area contributed by atoms with E-state index in [1.807, 2.05) is 0 Å². The Hall–Kier alpha value is -3.14. The van der Waals surface area contributed by atoms with Crippen LogP contribution >= 0.6 is 11.8 Å². The number of Topliss-reactive ketones (excluding diaryl/α,β-unsaturated/α-hetero) is 1. The van der Waals surface area contributed by atoms with Gasteiger partial charge in [-0.1, -0.05) is 12.1 Å². The van der Waals surface area contributed by atoms with Gasteiger partial charge in [-0.2, -0.15) is 11.8 Å². The first kappa shape index (κ1) is 24.1. The SMILES string of the molecule is CCOC(=O)C1=C(CSCCNC=O)NC(C)=C(C(C)=O)C1c1cccc([N+](=O)[O-])c1. The van der Waals surface area contributed by atoms with E-state index in [-0.39, 0.29) is 23.7 Å². The number of nitro groups is 1. The molecular weight excluding hydrogens is 422 g/mol. The van der Waals surface area contributed by atoms with Crippen LogP contribution in [0.15, 0.2) is 46.8 Å². The molecule has 0 saturated carbocycles. The van der Waals surface area contributed by atoms with Crippen LogP contribution in [0.4, 0.5) is 5.69 Å². The summed E-state index contributed by atoms with van der Waals surface area (Å²) in [5, 5.41) is 17.0. The molecule has 1 aliphatic rings. The maximum Gasteiger partial charge on any atom is 0.336 e. The first-order chi connectivity index (χ1) is 14.8. The number of hydrogen-bond acceptors (Lipinski definition) is 8. The van der Waals surface area contributed by atoms with Crippen molar-refractivity contribution >= 4 is 35.6 Å². The molecule has 1 aromatic rings. The number of nitrogens with one attached hydrogen (secondary N) is 2. The van der Waals surface area contributed by atoms with E-state index >= 15 is 0 Å². The number of amides is 1. The molecule has 0 aliphatic carbocycles. The van der Waals surface area contributed by atoms with Crippen molar-refractivity contribution in [1.82, 2.24) is 10.6 Å². The number of non-ortho nitro benzene ring substituents is 1. The number of dihydropyridines is 1. The topological polar surface area (TPSA) is 128 Å². The number of esters is 1. The van der Waals surface area contributed by atoms with Gasteiger partial charge >= 0.3 is 5.97 Å². The van der Waals surface area contributed by atoms with Crippen molar-refractivity contribution in [3.05, 3.63) is 62.5 Å². The van der Waals surface area contributed by atoms with Crippen LogP contribution in [0, 0.1) is 10.1 Å². The largest absolute Gasteiger partial charge is 0.463 e. The minimum atomic E-state index is -0.790. The number of hydrogen-bond donors (Lipinski definition) is 2. The summed E-state index contributed by atoms with van der Waals surface area (Å²) in [6.07, 6.45) is 0.618. The molecule has 0 fully saturated rings. The summed E-state index contributed by atoms with van der Waals surface area (Å²) in [5.74, 6) is -0.599. The van der Waals surface area contributed by atoms with Crippen molar-refractivity contribution in [2.24, 2.45) is 0 Å². The van der Waals surface area contributed by atoms with Crippen LogP contribution < -0.4 is 10.6 Å². The maximum absolute atomic E-state index is 13.0. The monoisotopic (exact) mass is 447 g/mol. The smallest absolute Gasteiger partial charge is 0.336 e. The van der Waals surface area contributed by atoms with E-state index in [2.05, 4.69) is 10.6 Å². The van der Waals surface area contributed by atoms with Gasteiger partial charge in [-0.25, -0.2) is 4.79 Å². The summed E-state index contributed by atoms with van der Waals surface area (Å²) in [5.41, 5.74) is 2.12. The zero-order valence-electron chi connectivity index (χ0n) is 17.6. The Bertz CT molecular complexity index is 941. The Morgan fingerprint density at radius 1 is 1.35 bits per heavy atom. The Balaban J connectivity index is 2.58. The maximum atomic E-state index is 13.0. The number of nitrogens with zero attached hydrogens (tertiary/aromatic N) is 1. The third-order valence-electron chi connectivity index (χ3n) is 4.65. The van der Waals surface area contributed by atoms with Gasteiger partial charge < -0.3 is 15.4 Å². The van der Waals surface area contributed by atoms with Crippen molar-refractivity contribution in [2.75, 3.05) is 24.7 Å². The number of ketones is 1. The molecule has 0 aromatic heterocycles. The number of ether oxygens (including phenoxy) is 1. The molecule has 31 heavy (non-hydrogen) atoms. The molecule has 1 unspecified atom stereocenters. The minimum absolute atomic E-state index is 0.129. The summed E-state index contributed by atoms with van der Waals surface area (Å²) in [6.45, 7) is 5.44. The number of benzene rings is 1. The fourth-order valence-corrected chi connectivity index (χ4v) is 4.28. The molecule has 1 heterocycles. The molecule has 166 valence electrons. The summed E-state index contributed by atoms with van der Waals surface area (Å²) in [6, 6.07) is 5.94. The van der Waals surface area contributed by atoms with Crippen LogP contribution in [0.3, 0.4) is 0 Å². The average Bonchev–Trinajstić information content (AvgIpc) is 2.72. The lowest BCUT2D eigenvalue weighted by Gasteiger charge is -2.31. The normalized spacial score (nSPS) is 15.9. The number of carbonyl (C=O) groups excluding carboxylic acids is 3. The molecule has 0 saturated heterocycles. The number of nitro benzene ring substituents is 1. The van der Waals surface area contributed by atoms with E-state index in [1.54, 1.807) is 19.9 Å². The molecule has 2 rings (SSSR count). The van der Waals surface area contributed by atoms with Gasteiger partial charge in [-0.15, -0.1) is 0 Å². The van der Waals surface area contributed by atoms with E-state index in [4.69, 9.17) is 4.74 Å². The minimum Gasteiger partial charge on any atom is -0.463 e. The number of carbonyl (C=O) groups is 3. The third-order valence-corrected chi connectivity index (χ3v) is 5.64. The predicted octanol–water partition coefficient (Wildman–Crippen LogP) is 2.44. The van der Waals surface area contributed by atoms with Crippen LogP contribution in [0.25, 0.3) is 0 Å². The molecular formula is C21H25N3O6S. The van der Waals surface area contributed by atoms with Gasteiger partial charge in [0.25, 0.3) is 5.69 Å². The Labute approximate surface area is 184 Å². The lowest BCUT2D eigenvalue weighted by atomic mass is 9.79. The van der Waals surface area contributed by atoms with Gasteiger partial charge in [-0.3, -0.25) is 19.7 Å². The van der Waals surface area contributed by atoms with Gasteiger partial charge in [0.05, 0.1) is 17.1 Å². The lowest BCUT2D eigenvalue weighted by molar-refractivity contribution is -0.384. The third kappa shape index (κ3) is 5.94. The van der Waals surface area contributed by atoms with Crippen molar-refractivity contribution in [3.63, 3.8) is 0 Å². The highest BCUT2D eigenvalue weighted by molar-refractivity contribution is 7.99. The number of allylic oxidation sites excluding steroid dienone is 2. The average molecular weight is 448 g/mol. The first-order valence-corrected chi connectivity index (χ1v) is 10.8. The van der Waals surface area contributed by atoms with Crippen LogP contribution in [0.5, 0.6) is 0 Å². The van der Waals surface area contributed by atoms with Gasteiger partial charge in [0, 0.05) is 53.1 Å². The fraction of sp³-hybridized carbons (Fsp3) is 0.381. The Kier molecular flexibility index (Phi) is 8.80. The van der Waals surface area contributed by atoms with Crippen molar-refractivity contribution in [3.8, 4) is 0 Å². The highest BCUT2D eigenvalue weighted by atomic mass is 32.2. The molecule has 1 aliphatic heterocycles. The van der Waals surface area contributed by atoms with Crippen molar-refractivity contribution in [1.29, 1.82) is 0 Å². The van der Waals surface area contributed by atoms with Gasteiger partial charge in [-0.05, 0) is 26.3 Å². The van der Waals surface area contributed by atoms with E-state index in [0.717, 1.165) is 0 Å². The molecule has 9 nitrogen and oxygen atoms in total. The van der Waals surface area contributed by atoms with E-state index in [9.17, 15) is 24.5 Å². The molecule has 0 bridgehead atoms. The van der Waals surface area contributed by atoms with Crippen molar-refractivity contribution in [2.45, 2.75) is 26.7 Å². The standard InChI is InChI=1S/C21H25N3O6S/c1-4-30-21(27)20-17(11-31-9-8-22-12-25)23-13(2)18(14(3)26)19(20)15-6-5-7-16(10-15)24(28)29/h5-7,10,12,19,23H,4,8-9,11H2,1-3H3,(H,22,25). The van der Waals surface area contributed by atoms with Gasteiger partial charge in [0.15, 0.2) is 5.78 Å². The van der Waals surface area contributed by atoms with E-state index in [1.165, 1.54) is 36.9 Å². The molecule has 0 radical (unpaired) electrons. The zero-order chi connectivity index (χ0) is 23.0. The molecule has 0 spiro atoms. The summed E-state index contributed by atoms with van der Waals surface area (Å²) >= 11 is 1.49. The van der Waals surface area contributed by atoms with Gasteiger partial charge in [0.1, 0.15) is 0 Å². The quantitative estimate of drug-likeness (QED) is 0.174. The lowest BCUT2D eigenvalue weighted by Crippen LogP contribution is -2.33. The highest BCUT2D eigenvalue weighted by Crippen LogP contribution is 2.40. The van der Waals surface area contributed by atoms with E-state index in [0.29, 0.717) is 47.0 Å². The second kappa shape index (κ2) is 11.3. The number of thioether (sulfide) groups is 1. The Morgan fingerprint density at radius 3 is 2.71 bits per heavy atom. The highest BCUT2D eigenvalue weighted by Gasteiger charge is 2.37. The molecule has 1 aromatic carbocycles. The second-order valence-electron chi connectivity index (χ2n) is 6.74. The fourth-order valence-electron chi connectivity index (χ4n) is 3.44. The predicted molar refractivity (Wildman–Crippen MR) is 117 cm³/mol. The summed E-state index contributed by atoms with van der Waals surface area (Å²) in [7, 11) is 0. The van der Waals surface area contributed by atoms with Crippen LogP contribution in [0.1, 0.15) is 32.3 Å². The van der Waals surface area contributed by atoms with Gasteiger partial charge in [0.2, 0.25) is 6.41 Å². The van der Waals surface area contributed by atoms with Crippen LogP contribution in [-0.4, -0.2) is 47.7 Å². The van der Waals surface area contributed by atoms with Crippen molar-refractivity contribution < 1.29 is 24.0 Å². The second-order valence-corrected chi connectivity index (χ2v) is 7.85. The molecule has 2 N–H and O–H groups in total. The number of rotatable bonds is 11. The first-order valence-electron chi connectivity index (χ1n) is 9.69. The van der Waals surface area contributed by atoms with Crippen LogP contribution in [0.2, 0.25) is 0 Å². The summed E-state index contributed by atoms with van der Waals surface area (Å²) in [4.78, 5) is 46.7. The zero-order valence-corrected chi connectivity index (χ0v) is 18.4. The molecule has 10 heteroatoms. The van der Waals surface area contributed by atoms with E-state index < -0.39 is 16.8 Å². The van der Waals surface area contributed by atoms with Crippen LogP contribution in [-0.2, 0) is 19.1 Å². The summed E-state index contributed by atoms with van der Waals surface area (Å²) < 4.78 is 5.28. The Morgan fingerprint density at radius 2 is 2.10 bits per heavy atom. The molecule has 1 amide bonds.